The van der Waals surface area contributed by atoms with E-state index in [4.69, 9.17) is 9.47 Å². The second-order valence-corrected chi connectivity index (χ2v) is 8.84. The van der Waals surface area contributed by atoms with E-state index in [1.54, 1.807) is 6.92 Å². The van der Waals surface area contributed by atoms with Crippen molar-refractivity contribution < 1.29 is 19.4 Å². The number of hydrogen-bond acceptors (Lipinski definition) is 5. The molecule has 1 N–H and O–H groups in total. The van der Waals surface area contributed by atoms with Gasteiger partial charge in [-0.05, 0) is 62.9 Å². The van der Waals surface area contributed by atoms with Gasteiger partial charge in [-0.25, -0.2) is 0 Å². The van der Waals surface area contributed by atoms with Crippen LogP contribution < -0.4 is 4.74 Å². The van der Waals surface area contributed by atoms with Crippen LogP contribution in [-0.2, 0) is 21.6 Å². The lowest BCUT2D eigenvalue weighted by molar-refractivity contribution is -0.160. The molecule has 0 radical (unpaired) electrons. The Bertz CT molecular complexity index is 839. The molecule has 30 heavy (non-hydrogen) atoms. The van der Waals surface area contributed by atoms with Crippen LogP contribution in [0, 0.1) is 0 Å². The minimum Gasteiger partial charge on any atom is -0.489 e. The number of ether oxygens (including phenoxy) is 2. The molecule has 0 aliphatic carbocycles. The molecule has 2 aromatic rings. The fourth-order valence-corrected chi connectivity index (χ4v) is 4.67. The highest BCUT2D eigenvalue weighted by atomic mass is 16.5. The Morgan fingerprint density at radius 3 is 2.30 bits per heavy atom. The molecule has 4 rings (SSSR count). The number of esters is 1. The normalized spacial score (nSPS) is 25.5. The number of aliphatic hydroxyl groups is 1. The fourth-order valence-electron chi connectivity index (χ4n) is 4.67. The van der Waals surface area contributed by atoms with Crippen LogP contribution in [0.15, 0.2) is 54.6 Å². The highest BCUT2D eigenvalue weighted by Crippen LogP contribution is 2.37. The SMILES string of the molecule is CN1[C@@H]2CC[C@H]1C[C@H](OC(=O)C(C)(CO)c1ccc(OCc3ccccc3)cc1)C2. The Labute approximate surface area is 178 Å². The minimum absolute atomic E-state index is 0.0643. The number of aliphatic hydroxyl groups excluding tert-OH is 1. The lowest BCUT2D eigenvalue weighted by Gasteiger charge is -2.37. The van der Waals surface area contributed by atoms with Crippen LogP contribution in [0.25, 0.3) is 0 Å². The zero-order chi connectivity index (χ0) is 21.1. The van der Waals surface area contributed by atoms with E-state index in [2.05, 4.69) is 11.9 Å². The smallest absolute Gasteiger partial charge is 0.318 e. The molecule has 160 valence electrons. The first kappa shape index (κ1) is 20.9. The number of carbonyl (C=O) groups excluding carboxylic acids is 1. The van der Waals surface area contributed by atoms with Gasteiger partial charge in [0.15, 0.2) is 0 Å². The summed E-state index contributed by atoms with van der Waals surface area (Å²) in [5.74, 6) is 0.375. The van der Waals surface area contributed by atoms with Gasteiger partial charge in [0.05, 0.1) is 6.61 Å². The van der Waals surface area contributed by atoms with Gasteiger partial charge >= 0.3 is 5.97 Å². The number of benzene rings is 2. The third-order valence-electron chi connectivity index (χ3n) is 6.84. The highest BCUT2D eigenvalue weighted by molar-refractivity contribution is 5.83. The maximum absolute atomic E-state index is 13.0. The first-order valence-electron chi connectivity index (χ1n) is 10.8. The molecule has 2 saturated heterocycles. The van der Waals surface area contributed by atoms with Gasteiger partial charge in [-0.2, -0.15) is 0 Å². The number of piperidine rings is 1. The summed E-state index contributed by atoms with van der Waals surface area (Å²) in [4.78, 5) is 15.5. The van der Waals surface area contributed by atoms with Crippen molar-refractivity contribution in [2.24, 2.45) is 0 Å². The number of fused-ring (bicyclic) bond motifs is 2. The first-order valence-corrected chi connectivity index (χ1v) is 10.8. The van der Waals surface area contributed by atoms with Gasteiger partial charge in [-0.3, -0.25) is 4.79 Å². The van der Waals surface area contributed by atoms with Crippen LogP contribution in [0.5, 0.6) is 5.75 Å². The summed E-state index contributed by atoms with van der Waals surface area (Å²) in [6, 6.07) is 18.3. The molecule has 2 heterocycles. The largest absolute Gasteiger partial charge is 0.489 e. The van der Waals surface area contributed by atoms with Gasteiger partial charge < -0.3 is 19.5 Å². The topological polar surface area (TPSA) is 59.0 Å². The van der Waals surface area contributed by atoms with Crippen LogP contribution >= 0.6 is 0 Å². The number of nitrogens with zero attached hydrogens (tertiary/aromatic N) is 1. The number of carbonyl (C=O) groups is 1. The Morgan fingerprint density at radius 2 is 1.70 bits per heavy atom. The molecule has 1 unspecified atom stereocenters. The monoisotopic (exact) mass is 409 g/mol. The van der Waals surface area contributed by atoms with Crippen molar-refractivity contribution in [2.45, 2.75) is 62.8 Å². The molecule has 0 aromatic heterocycles. The molecular weight excluding hydrogens is 378 g/mol. The lowest BCUT2D eigenvalue weighted by atomic mass is 9.83. The third kappa shape index (κ3) is 4.23. The van der Waals surface area contributed by atoms with Gasteiger partial charge in [-0.15, -0.1) is 0 Å². The van der Waals surface area contributed by atoms with Crippen molar-refractivity contribution in [2.75, 3.05) is 13.7 Å². The molecule has 2 aliphatic heterocycles. The van der Waals surface area contributed by atoms with Gasteiger partial charge in [0, 0.05) is 12.1 Å². The Kier molecular flexibility index (Phi) is 6.11. The van der Waals surface area contributed by atoms with Crippen LogP contribution in [0.2, 0.25) is 0 Å². The summed E-state index contributed by atoms with van der Waals surface area (Å²) >= 11 is 0. The second kappa shape index (κ2) is 8.78. The average molecular weight is 410 g/mol. The van der Waals surface area contributed by atoms with E-state index >= 15 is 0 Å². The predicted molar refractivity (Wildman–Crippen MR) is 115 cm³/mol. The van der Waals surface area contributed by atoms with E-state index in [1.165, 1.54) is 12.8 Å². The van der Waals surface area contributed by atoms with Gasteiger partial charge in [0.1, 0.15) is 23.9 Å². The summed E-state index contributed by atoms with van der Waals surface area (Å²) in [6.07, 6.45) is 4.05. The molecule has 5 heteroatoms. The molecule has 0 amide bonds. The molecule has 2 aliphatic rings. The third-order valence-corrected chi connectivity index (χ3v) is 6.84. The summed E-state index contributed by atoms with van der Waals surface area (Å²) < 4.78 is 11.7. The van der Waals surface area contributed by atoms with Crippen LogP contribution in [0.1, 0.15) is 43.7 Å². The quantitative estimate of drug-likeness (QED) is 0.707. The van der Waals surface area contributed by atoms with Crippen molar-refractivity contribution in [3.05, 3.63) is 65.7 Å². The predicted octanol–water partition coefficient (Wildman–Crippen LogP) is 3.68. The van der Waals surface area contributed by atoms with Gasteiger partial charge in [0.2, 0.25) is 0 Å². The van der Waals surface area contributed by atoms with Crippen molar-refractivity contribution in [1.82, 2.24) is 4.90 Å². The number of hydrogen-bond donors (Lipinski definition) is 1. The fraction of sp³-hybridized carbons (Fsp3) is 0.480. The van der Waals surface area contributed by atoms with Crippen molar-refractivity contribution in [3.63, 3.8) is 0 Å². The Hall–Kier alpha value is -2.37. The summed E-state index contributed by atoms with van der Waals surface area (Å²) in [6.45, 7) is 1.94. The van der Waals surface area contributed by atoms with E-state index in [1.807, 2.05) is 54.6 Å². The van der Waals surface area contributed by atoms with Gasteiger partial charge in [-0.1, -0.05) is 42.5 Å². The van der Waals surface area contributed by atoms with Crippen LogP contribution in [0.3, 0.4) is 0 Å². The average Bonchev–Trinajstić information content (AvgIpc) is 2.98. The first-order chi connectivity index (χ1) is 14.5. The van der Waals surface area contributed by atoms with Crippen molar-refractivity contribution >= 4 is 5.97 Å². The van der Waals surface area contributed by atoms with E-state index in [-0.39, 0.29) is 18.7 Å². The Balaban J connectivity index is 1.39. The summed E-state index contributed by atoms with van der Waals surface area (Å²) in [5, 5.41) is 10.1. The molecule has 2 fully saturated rings. The zero-order valence-electron chi connectivity index (χ0n) is 17.8. The molecule has 4 atom stereocenters. The molecule has 5 nitrogen and oxygen atoms in total. The van der Waals surface area contributed by atoms with E-state index in [0.29, 0.717) is 18.7 Å². The van der Waals surface area contributed by atoms with Gasteiger partial charge in [0.25, 0.3) is 0 Å². The van der Waals surface area contributed by atoms with Crippen molar-refractivity contribution in [3.8, 4) is 5.75 Å². The summed E-state index contributed by atoms with van der Waals surface area (Å²) in [7, 11) is 2.17. The van der Waals surface area contributed by atoms with E-state index in [9.17, 15) is 9.90 Å². The Morgan fingerprint density at radius 1 is 1.07 bits per heavy atom. The summed E-state index contributed by atoms with van der Waals surface area (Å²) in [5.41, 5.74) is 0.746. The van der Waals surface area contributed by atoms with E-state index < -0.39 is 5.41 Å². The van der Waals surface area contributed by atoms with Crippen LogP contribution in [0.4, 0.5) is 0 Å². The molecular formula is C25H31NO4. The van der Waals surface area contributed by atoms with Crippen LogP contribution in [-0.4, -0.2) is 47.8 Å². The molecule has 2 bridgehead atoms. The second-order valence-electron chi connectivity index (χ2n) is 8.84. The zero-order valence-corrected chi connectivity index (χ0v) is 17.8. The minimum atomic E-state index is -1.08. The maximum Gasteiger partial charge on any atom is 0.318 e. The number of rotatable bonds is 7. The molecule has 0 saturated carbocycles. The molecule has 2 aromatic carbocycles. The lowest BCUT2D eigenvalue weighted by Crippen LogP contribution is -2.46. The maximum atomic E-state index is 13.0. The standard InChI is InChI=1S/C25H31NO4/c1-25(17-27,24(28)30-23-14-20-10-11-21(15-23)26(20)2)19-8-12-22(13-9-19)29-16-18-6-4-3-5-7-18/h3-9,12-13,20-21,23,27H,10-11,14-17H2,1-2H3/t20-,21+,23-,25?. The highest BCUT2D eigenvalue weighted by Gasteiger charge is 2.43. The van der Waals surface area contributed by atoms with E-state index in [0.717, 1.165) is 29.7 Å². The molecule has 0 spiro atoms. The van der Waals surface area contributed by atoms with Crippen molar-refractivity contribution in [1.29, 1.82) is 0 Å².